The van der Waals surface area contributed by atoms with Gasteiger partial charge in [-0.1, -0.05) is 136 Å². The van der Waals surface area contributed by atoms with E-state index in [1.165, 1.54) is 66.8 Å². The van der Waals surface area contributed by atoms with Crippen LogP contribution in [0.25, 0.3) is 66.4 Å². The maximum absolute atomic E-state index is 6.27. The molecule has 0 atom stereocenters. The van der Waals surface area contributed by atoms with Crippen LogP contribution in [0.2, 0.25) is 0 Å². The molecule has 0 saturated heterocycles. The predicted octanol–water partition coefficient (Wildman–Crippen LogP) is 15.6. The summed E-state index contributed by atoms with van der Waals surface area (Å²) in [6.07, 6.45) is 0. The van der Waals surface area contributed by atoms with Gasteiger partial charge < -0.3 is 9.32 Å². The highest BCUT2D eigenvalue weighted by Crippen LogP contribution is 2.53. The largest absolute Gasteiger partial charge is 0.456 e. The highest BCUT2D eigenvalue weighted by Gasteiger charge is 2.37. The van der Waals surface area contributed by atoms with E-state index in [0.29, 0.717) is 0 Å². The Bertz CT molecular complexity index is 3140. The van der Waals surface area contributed by atoms with Crippen LogP contribution in [-0.2, 0) is 10.8 Å². The fraction of sp³-hybridized carbons (Fsp3) is 0.143. The van der Waals surface area contributed by atoms with Gasteiger partial charge in [-0.15, -0.1) is 0 Å². The van der Waals surface area contributed by atoms with Gasteiger partial charge in [0.25, 0.3) is 0 Å². The second-order valence-electron chi connectivity index (χ2n) is 17.5. The van der Waals surface area contributed by atoms with Crippen molar-refractivity contribution in [1.29, 1.82) is 0 Å². The molecule has 0 unspecified atom stereocenters. The van der Waals surface area contributed by atoms with E-state index in [1.807, 2.05) is 12.1 Å². The van der Waals surface area contributed by atoms with Crippen LogP contribution in [0, 0.1) is 13.8 Å². The SMILES string of the molecule is Cc1cc(C)c2c(c1)C(C)(C)c1ccc(-c3cccc(N(c4ccc(-c5ccc6c(c5)oc5ccccc56)cc4)c4ccc5c(c4)C(C)(C)c4ccccc4-5)c3)cc1-2. The van der Waals surface area contributed by atoms with Gasteiger partial charge in [0.1, 0.15) is 11.2 Å². The molecule has 0 radical (unpaired) electrons. The van der Waals surface area contributed by atoms with E-state index in [2.05, 4.69) is 198 Å². The smallest absolute Gasteiger partial charge is 0.136 e. The van der Waals surface area contributed by atoms with Gasteiger partial charge in [-0.3, -0.25) is 0 Å². The zero-order valence-electron chi connectivity index (χ0n) is 33.9. The first-order chi connectivity index (χ1) is 28.1. The summed E-state index contributed by atoms with van der Waals surface area (Å²) in [5.41, 5.74) is 23.4. The number of furan rings is 1. The minimum absolute atomic E-state index is 0.0381. The number of hydrogen-bond acceptors (Lipinski definition) is 2. The molecule has 0 saturated carbocycles. The highest BCUT2D eigenvalue weighted by molar-refractivity contribution is 6.06. The number of nitrogens with zero attached hydrogens (tertiary/aromatic N) is 1. The molecule has 58 heavy (non-hydrogen) atoms. The van der Waals surface area contributed by atoms with Crippen molar-refractivity contribution < 1.29 is 4.42 Å². The predicted molar refractivity (Wildman–Crippen MR) is 244 cm³/mol. The van der Waals surface area contributed by atoms with E-state index in [0.717, 1.165) is 50.1 Å². The van der Waals surface area contributed by atoms with Gasteiger partial charge in [-0.2, -0.15) is 0 Å². The summed E-state index contributed by atoms with van der Waals surface area (Å²) < 4.78 is 6.27. The Morgan fingerprint density at radius 1 is 0.397 bits per heavy atom. The summed E-state index contributed by atoms with van der Waals surface area (Å²) in [4.78, 5) is 2.42. The molecule has 0 N–H and O–H groups in total. The summed E-state index contributed by atoms with van der Waals surface area (Å²) >= 11 is 0. The quantitative estimate of drug-likeness (QED) is 0.174. The molecule has 0 aliphatic heterocycles. The van der Waals surface area contributed by atoms with Crippen molar-refractivity contribution in [2.75, 3.05) is 4.90 Å². The van der Waals surface area contributed by atoms with Gasteiger partial charge in [0.15, 0.2) is 0 Å². The van der Waals surface area contributed by atoms with Gasteiger partial charge in [0.05, 0.1) is 0 Å². The van der Waals surface area contributed by atoms with E-state index in [1.54, 1.807) is 0 Å². The Morgan fingerprint density at radius 3 is 1.90 bits per heavy atom. The zero-order chi connectivity index (χ0) is 39.5. The van der Waals surface area contributed by atoms with Crippen molar-refractivity contribution in [3.8, 4) is 44.5 Å². The maximum atomic E-state index is 6.27. The molecule has 280 valence electrons. The first-order valence-corrected chi connectivity index (χ1v) is 20.5. The summed E-state index contributed by atoms with van der Waals surface area (Å²) in [6.45, 7) is 13.9. The van der Waals surface area contributed by atoms with E-state index >= 15 is 0 Å². The normalized spacial score (nSPS) is 14.3. The van der Waals surface area contributed by atoms with Gasteiger partial charge in [-0.05, 0) is 147 Å². The second kappa shape index (κ2) is 12.4. The first kappa shape index (κ1) is 34.6. The molecule has 1 aromatic heterocycles. The molecule has 2 aliphatic carbocycles. The standard InChI is InChI=1S/C56H45NO/c1-34-28-35(2)54-47-31-38(21-27-49(47)56(5,6)51(54)29-34)37-12-11-13-41(30-37)57(42-24-26-44-43-14-7-9-16-48(43)55(3,4)50(44)33-42)40-22-18-36(19-23-40)39-20-25-46-45-15-8-10-17-52(45)58-53(46)32-39/h7-33H,1-6H3. The molecule has 11 rings (SSSR count). The topological polar surface area (TPSA) is 16.4 Å². The minimum atomic E-state index is -0.111. The van der Waals surface area contributed by atoms with Gasteiger partial charge in [0, 0.05) is 38.7 Å². The van der Waals surface area contributed by atoms with Crippen molar-refractivity contribution >= 4 is 39.0 Å². The molecule has 0 bridgehead atoms. The van der Waals surface area contributed by atoms with Crippen LogP contribution in [0.1, 0.15) is 61.1 Å². The van der Waals surface area contributed by atoms with Crippen LogP contribution in [-0.4, -0.2) is 0 Å². The highest BCUT2D eigenvalue weighted by atomic mass is 16.3. The lowest BCUT2D eigenvalue weighted by atomic mass is 9.81. The second-order valence-corrected chi connectivity index (χ2v) is 17.5. The first-order valence-electron chi connectivity index (χ1n) is 20.5. The number of aryl methyl sites for hydroxylation is 2. The molecule has 9 aromatic rings. The van der Waals surface area contributed by atoms with Crippen molar-refractivity contribution in [3.05, 3.63) is 197 Å². The third-order valence-electron chi connectivity index (χ3n) is 13.2. The molecular formula is C56H45NO. The zero-order valence-corrected chi connectivity index (χ0v) is 33.9. The number of benzene rings is 8. The van der Waals surface area contributed by atoms with Gasteiger partial charge in [0.2, 0.25) is 0 Å². The number of fused-ring (bicyclic) bond motifs is 9. The van der Waals surface area contributed by atoms with Crippen molar-refractivity contribution in [2.24, 2.45) is 0 Å². The Kier molecular flexibility index (Phi) is 7.41. The van der Waals surface area contributed by atoms with Gasteiger partial charge in [-0.25, -0.2) is 0 Å². The van der Waals surface area contributed by atoms with Crippen molar-refractivity contribution in [1.82, 2.24) is 0 Å². The maximum Gasteiger partial charge on any atom is 0.136 e. The molecule has 1 heterocycles. The van der Waals surface area contributed by atoms with Crippen LogP contribution in [0.4, 0.5) is 17.1 Å². The van der Waals surface area contributed by atoms with E-state index < -0.39 is 0 Å². The molecule has 8 aromatic carbocycles. The number of hydrogen-bond donors (Lipinski definition) is 0. The average Bonchev–Trinajstić information content (AvgIpc) is 3.80. The van der Waals surface area contributed by atoms with Crippen molar-refractivity contribution in [3.63, 3.8) is 0 Å². The lowest BCUT2D eigenvalue weighted by Crippen LogP contribution is -2.16. The molecule has 0 amide bonds. The number of anilines is 3. The molecular weight excluding hydrogens is 703 g/mol. The van der Waals surface area contributed by atoms with E-state index in [-0.39, 0.29) is 10.8 Å². The van der Waals surface area contributed by atoms with Crippen molar-refractivity contribution in [2.45, 2.75) is 52.4 Å². The summed E-state index contributed by atoms with van der Waals surface area (Å²) in [7, 11) is 0. The summed E-state index contributed by atoms with van der Waals surface area (Å²) in [5.74, 6) is 0. The molecule has 2 heteroatoms. The summed E-state index contributed by atoms with van der Waals surface area (Å²) in [5, 5.41) is 2.29. The Hall–Kier alpha value is -6.64. The molecule has 2 aliphatic rings. The van der Waals surface area contributed by atoms with Crippen LogP contribution in [0.3, 0.4) is 0 Å². The van der Waals surface area contributed by atoms with E-state index in [4.69, 9.17) is 4.42 Å². The van der Waals surface area contributed by atoms with E-state index in [9.17, 15) is 0 Å². The van der Waals surface area contributed by atoms with Crippen LogP contribution >= 0.6 is 0 Å². The summed E-state index contributed by atoms with van der Waals surface area (Å²) in [6, 6.07) is 60.7. The third-order valence-corrected chi connectivity index (χ3v) is 13.2. The third kappa shape index (κ3) is 5.11. The Morgan fingerprint density at radius 2 is 1.03 bits per heavy atom. The Labute approximate surface area is 341 Å². The molecule has 0 fully saturated rings. The lowest BCUT2D eigenvalue weighted by molar-refractivity contribution is 0.659. The van der Waals surface area contributed by atoms with Crippen LogP contribution in [0.5, 0.6) is 0 Å². The molecule has 2 nitrogen and oxygen atoms in total. The lowest BCUT2D eigenvalue weighted by Gasteiger charge is -2.28. The molecule has 0 spiro atoms. The fourth-order valence-corrected chi connectivity index (χ4v) is 10.3. The number of rotatable bonds is 5. The van der Waals surface area contributed by atoms with Crippen LogP contribution < -0.4 is 4.90 Å². The minimum Gasteiger partial charge on any atom is -0.456 e. The fourth-order valence-electron chi connectivity index (χ4n) is 10.3. The van der Waals surface area contributed by atoms with Gasteiger partial charge >= 0.3 is 0 Å². The average molecular weight is 748 g/mol. The van der Waals surface area contributed by atoms with Crippen LogP contribution in [0.15, 0.2) is 168 Å². The Balaban J connectivity index is 1.03. The monoisotopic (exact) mass is 747 g/mol. The number of para-hydroxylation sites is 1.